The molecule has 0 aliphatic heterocycles. The van der Waals surface area contributed by atoms with Gasteiger partial charge in [0.2, 0.25) is 6.41 Å². The van der Waals surface area contributed by atoms with E-state index >= 15 is 0 Å². The van der Waals surface area contributed by atoms with Crippen molar-refractivity contribution in [2.24, 2.45) is 0 Å². The predicted molar refractivity (Wildman–Crippen MR) is 70.2 cm³/mol. The minimum Gasteiger partial charge on any atom is -0.338 e. The average molecular weight is 231 g/mol. The van der Waals surface area contributed by atoms with Gasteiger partial charge in [-0.2, -0.15) is 5.10 Å². The van der Waals surface area contributed by atoms with Gasteiger partial charge in [-0.15, -0.1) is 0 Å². The molecule has 0 aromatic carbocycles. The number of carbonyl (C=O) groups excluding carboxylic acids is 1. The van der Waals surface area contributed by atoms with Gasteiger partial charge < -0.3 is 4.90 Å². The Morgan fingerprint density at radius 3 is 2.82 bits per heavy atom. The van der Waals surface area contributed by atoms with E-state index in [1.54, 1.807) is 15.6 Å². The Morgan fingerprint density at radius 2 is 2.35 bits per heavy atom. The molecule has 0 atom stereocenters. The minimum absolute atomic E-state index is 0.152. The van der Waals surface area contributed by atoms with Crippen LogP contribution >= 0.6 is 0 Å². The molecule has 2 radical (unpaired) electrons. The molecule has 1 rings (SSSR count). The summed E-state index contributed by atoms with van der Waals surface area (Å²) < 4.78 is 1.79. The predicted octanol–water partition coefficient (Wildman–Crippen LogP) is 0.577. The van der Waals surface area contributed by atoms with Gasteiger partial charge in [-0.05, 0) is 32.4 Å². The fraction of sp³-hybridized carbons (Fsp3) is 0.500. The van der Waals surface area contributed by atoms with Gasteiger partial charge in [-0.3, -0.25) is 9.48 Å². The molecule has 17 heavy (non-hydrogen) atoms. The standard InChI is InChI=1S/C12H18BN3O/c1-5-16-11(6-12(13)14-16)10(4)7-15(8-17)9(2)3/h6,8-9H,4-5,7H2,1-3H3. The third kappa shape index (κ3) is 3.22. The quantitative estimate of drug-likeness (QED) is 0.530. The lowest BCUT2D eigenvalue weighted by molar-refractivity contribution is -0.118. The molecule has 0 aliphatic rings. The van der Waals surface area contributed by atoms with E-state index < -0.39 is 0 Å². The summed E-state index contributed by atoms with van der Waals surface area (Å²) >= 11 is 0. The van der Waals surface area contributed by atoms with Crippen LogP contribution in [0.1, 0.15) is 26.5 Å². The average Bonchev–Trinajstić information content (AvgIpc) is 2.66. The number of hydrogen-bond acceptors (Lipinski definition) is 2. The molecule has 0 fully saturated rings. The largest absolute Gasteiger partial charge is 0.338 e. The lowest BCUT2D eigenvalue weighted by atomic mass is 10.0. The number of rotatable bonds is 6. The van der Waals surface area contributed by atoms with Crippen molar-refractivity contribution in [3.63, 3.8) is 0 Å². The lowest BCUT2D eigenvalue weighted by Gasteiger charge is -2.22. The van der Waals surface area contributed by atoms with Gasteiger partial charge in [0.15, 0.2) is 0 Å². The first kappa shape index (κ1) is 13.5. The van der Waals surface area contributed by atoms with Crippen LogP contribution in [0, 0.1) is 0 Å². The second kappa shape index (κ2) is 5.71. The zero-order valence-corrected chi connectivity index (χ0v) is 10.7. The maximum Gasteiger partial charge on any atom is 0.210 e. The number of nitrogens with zero attached hydrogens (tertiary/aromatic N) is 3. The van der Waals surface area contributed by atoms with Crippen molar-refractivity contribution in [3.8, 4) is 0 Å². The molecule has 0 saturated heterocycles. The smallest absolute Gasteiger partial charge is 0.210 e. The highest BCUT2D eigenvalue weighted by molar-refractivity contribution is 6.30. The van der Waals surface area contributed by atoms with Gasteiger partial charge in [0, 0.05) is 24.7 Å². The Balaban J connectivity index is 2.85. The van der Waals surface area contributed by atoms with Crippen molar-refractivity contribution in [1.82, 2.24) is 14.7 Å². The van der Waals surface area contributed by atoms with Gasteiger partial charge in [0.05, 0.1) is 5.69 Å². The monoisotopic (exact) mass is 231 g/mol. The molecule has 1 aromatic heterocycles. The highest BCUT2D eigenvalue weighted by Gasteiger charge is 2.12. The van der Waals surface area contributed by atoms with E-state index in [4.69, 9.17) is 7.85 Å². The number of hydrogen-bond donors (Lipinski definition) is 0. The van der Waals surface area contributed by atoms with E-state index in [9.17, 15) is 4.79 Å². The molecule has 1 amide bonds. The Labute approximate surface area is 104 Å². The first-order valence-corrected chi connectivity index (χ1v) is 5.72. The van der Waals surface area contributed by atoms with E-state index in [-0.39, 0.29) is 6.04 Å². The van der Waals surface area contributed by atoms with Gasteiger partial charge in [-0.25, -0.2) is 0 Å². The first-order chi connectivity index (χ1) is 7.99. The second-order valence-corrected chi connectivity index (χ2v) is 4.25. The lowest BCUT2D eigenvalue weighted by Crippen LogP contribution is -2.31. The fourth-order valence-corrected chi connectivity index (χ4v) is 1.61. The number of amides is 1. The molecule has 0 unspecified atom stereocenters. The summed E-state index contributed by atoms with van der Waals surface area (Å²) in [6.45, 7) is 11.1. The Kier molecular flexibility index (Phi) is 4.55. The molecule has 0 saturated carbocycles. The summed E-state index contributed by atoms with van der Waals surface area (Å²) in [5, 5.41) is 4.15. The topological polar surface area (TPSA) is 38.1 Å². The van der Waals surface area contributed by atoms with Gasteiger partial charge in [0.25, 0.3) is 0 Å². The summed E-state index contributed by atoms with van der Waals surface area (Å²) in [7, 11) is 5.66. The van der Waals surface area contributed by atoms with Crippen LogP contribution in [-0.4, -0.2) is 41.5 Å². The molecule has 0 spiro atoms. The van der Waals surface area contributed by atoms with Crippen LogP contribution in [0.4, 0.5) is 0 Å². The van der Waals surface area contributed by atoms with E-state index in [0.717, 1.165) is 24.2 Å². The Bertz CT molecular complexity index is 412. The van der Waals surface area contributed by atoms with Crippen LogP contribution in [0.3, 0.4) is 0 Å². The summed E-state index contributed by atoms with van der Waals surface area (Å²) in [5.74, 6) is 0. The van der Waals surface area contributed by atoms with Crippen LogP contribution in [-0.2, 0) is 11.3 Å². The molecule has 4 nitrogen and oxygen atoms in total. The molecule has 90 valence electrons. The molecular weight excluding hydrogens is 213 g/mol. The van der Waals surface area contributed by atoms with Crippen molar-refractivity contribution in [1.29, 1.82) is 0 Å². The van der Waals surface area contributed by atoms with Crippen LogP contribution in [0.5, 0.6) is 0 Å². The second-order valence-electron chi connectivity index (χ2n) is 4.25. The summed E-state index contributed by atoms with van der Waals surface area (Å²) in [6.07, 6.45) is 0.839. The van der Waals surface area contributed by atoms with E-state index in [0.29, 0.717) is 12.1 Å². The van der Waals surface area contributed by atoms with E-state index in [1.807, 2.05) is 20.8 Å². The fourth-order valence-electron chi connectivity index (χ4n) is 1.61. The summed E-state index contributed by atoms with van der Waals surface area (Å²) in [6, 6.07) is 1.94. The number of aryl methyl sites for hydroxylation is 1. The SMILES string of the molecule is [B]c1cc(C(=C)CN(C=O)C(C)C)n(CC)n1. The molecule has 0 bridgehead atoms. The Morgan fingerprint density at radius 1 is 1.71 bits per heavy atom. The third-order valence-electron chi connectivity index (χ3n) is 2.63. The minimum atomic E-state index is 0.152. The van der Waals surface area contributed by atoms with Crippen LogP contribution in [0.15, 0.2) is 12.6 Å². The normalized spacial score (nSPS) is 10.6. The molecule has 1 aromatic rings. The van der Waals surface area contributed by atoms with Gasteiger partial charge in [0.1, 0.15) is 7.85 Å². The zero-order valence-electron chi connectivity index (χ0n) is 10.7. The molecule has 5 heteroatoms. The molecule has 0 aliphatic carbocycles. The molecule has 0 N–H and O–H groups in total. The van der Waals surface area contributed by atoms with Gasteiger partial charge in [-0.1, -0.05) is 6.58 Å². The number of aromatic nitrogens is 2. The van der Waals surface area contributed by atoms with E-state index in [2.05, 4.69) is 11.7 Å². The first-order valence-electron chi connectivity index (χ1n) is 5.72. The highest BCUT2D eigenvalue weighted by Crippen LogP contribution is 2.13. The number of carbonyl (C=O) groups is 1. The maximum absolute atomic E-state index is 10.9. The van der Waals surface area contributed by atoms with Crippen LogP contribution < -0.4 is 5.59 Å². The highest BCUT2D eigenvalue weighted by atomic mass is 16.1. The van der Waals surface area contributed by atoms with Crippen molar-refractivity contribution in [2.45, 2.75) is 33.4 Å². The Hall–Kier alpha value is -1.52. The van der Waals surface area contributed by atoms with Crippen molar-refractivity contribution in [2.75, 3.05) is 6.54 Å². The van der Waals surface area contributed by atoms with Crippen LogP contribution in [0.25, 0.3) is 5.57 Å². The van der Waals surface area contributed by atoms with Crippen molar-refractivity contribution in [3.05, 3.63) is 18.3 Å². The third-order valence-corrected chi connectivity index (χ3v) is 2.63. The van der Waals surface area contributed by atoms with Gasteiger partial charge >= 0.3 is 0 Å². The maximum atomic E-state index is 10.9. The molecular formula is C12H18BN3O. The molecule has 1 heterocycles. The van der Waals surface area contributed by atoms with Crippen molar-refractivity contribution < 1.29 is 4.79 Å². The summed E-state index contributed by atoms with van der Waals surface area (Å²) in [5.41, 5.74) is 2.21. The zero-order chi connectivity index (χ0) is 13.0. The van der Waals surface area contributed by atoms with Crippen LogP contribution in [0.2, 0.25) is 0 Å². The van der Waals surface area contributed by atoms with E-state index in [1.165, 1.54) is 0 Å². The van der Waals surface area contributed by atoms with Crippen molar-refractivity contribution >= 4 is 25.4 Å². The summed E-state index contributed by atoms with van der Waals surface area (Å²) in [4.78, 5) is 12.6.